The zero-order chi connectivity index (χ0) is 23.7. The predicted molar refractivity (Wildman–Crippen MR) is 122 cm³/mol. The van der Waals surface area contributed by atoms with Gasteiger partial charge in [-0.15, -0.1) is 0 Å². The minimum Gasteiger partial charge on any atom is -0.494 e. The van der Waals surface area contributed by atoms with E-state index in [0.717, 1.165) is 0 Å². The highest BCUT2D eigenvalue weighted by Gasteiger charge is 2.18. The molecule has 0 fully saturated rings. The summed E-state index contributed by atoms with van der Waals surface area (Å²) in [6.45, 7) is 8.09. The van der Waals surface area contributed by atoms with E-state index in [1.807, 2.05) is 20.8 Å². The summed E-state index contributed by atoms with van der Waals surface area (Å²) in [7, 11) is 0. The van der Waals surface area contributed by atoms with Gasteiger partial charge in [-0.05, 0) is 63.6 Å². The number of hydrogen-bond acceptors (Lipinski definition) is 5. The van der Waals surface area contributed by atoms with E-state index < -0.39 is 6.04 Å². The minimum absolute atomic E-state index is 0.0428. The van der Waals surface area contributed by atoms with E-state index >= 15 is 0 Å². The maximum atomic E-state index is 13.0. The summed E-state index contributed by atoms with van der Waals surface area (Å²) in [4.78, 5) is 25.0. The summed E-state index contributed by atoms with van der Waals surface area (Å²) in [5.74, 6) is -0.197. The highest BCUT2D eigenvalue weighted by Crippen LogP contribution is 2.24. The van der Waals surface area contributed by atoms with Crippen molar-refractivity contribution < 1.29 is 23.5 Å². The lowest BCUT2D eigenvalue weighted by molar-refractivity contribution is -0.119. The van der Waals surface area contributed by atoms with Crippen LogP contribution in [0.25, 0.3) is 0 Å². The van der Waals surface area contributed by atoms with Crippen LogP contribution in [-0.2, 0) is 4.79 Å². The van der Waals surface area contributed by atoms with Gasteiger partial charge in [0.15, 0.2) is 0 Å². The molecule has 2 unspecified atom stereocenters. The molecule has 0 heterocycles. The van der Waals surface area contributed by atoms with Gasteiger partial charge in [-0.25, -0.2) is 4.39 Å². The largest absolute Gasteiger partial charge is 0.494 e. The maximum absolute atomic E-state index is 13.0. The molecule has 2 aromatic rings. The lowest BCUT2D eigenvalue weighted by Gasteiger charge is -2.18. The van der Waals surface area contributed by atoms with Crippen LogP contribution in [0.4, 0.5) is 10.1 Å². The second kappa shape index (κ2) is 12.0. The Balaban J connectivity index is 1.90. The van der Waals surface area contributed by atoms with Crippen LogP contribution in [0, 0.1) is 11.7 Å². The van der Waals surface area contributed by atoms with E-state index in [4.69, 9.17) is 15.2 Å². The number of carbonyl (C=O) groups is 2. The zero-order valence-electron chi connectivity index (χ0n) is 19.0. The maximum Gasteiger partial charge on any atom is 0.251 e. The first-order chi connectivity index (χ1) is 15.2. The van der Waals surface area contributed by atoms with Gasteiger partial charge in [-0.3, -0.25) is 9.59 Å². The summed E-state index contributed by atoms with van der Waals surface area (Å²) in [5, 5.41) is 5.53. The fraction of sp³-hybridized carbons (Fsp3) is 0.417. The third kappa shape index (κ3) is 8.19. The number of benzene rings is 2. The lowest BCUT2D eigenvalue weighted by Crippen LogP contribution is -2.39. The van der Waals surface area contributed by atoms with E-state index in [-0.39, 0.29) is 36.2 Å². The molecule has 0 aliphatic heterocycles. The Morgan fingerprint density at radius 3 is 2.34 bits per heavy atom. The van der Waals surface area contributed by atoms with Crippen molar-refractivity contribution in [1.29, 1.82) is 0 Å². The average molecular weight is 446 g/mol. The number of anilines is 1. The number of halogens is 1. The van der Waals surface area contributed by atoms with Crippen LogP contribution in [-0.4, -0.2) is 37.1 Å². The van der Waals surface area contributed by atoms with Crippen molar-refractivity contribution in [3.8, 4) is 11.5 Å². The Bertz CT molecular complexity index is 903. The lowest BCUT2D eigenvalue weighted by atomic mass is 10.0. The van der Waals surface area contributed by atoms with Crippen molar-refractivity contribution in [2.24, 2.45) is 11.7 Å². The molecule has 2 rings (SSSR count). The van der Waals surface area contributed by atoms with Gasteiger partial charge in [0.05, 0.1) is 12.7 Å². The van der Waals surface area contributed by atoms with E-state index in [9.17, 15) is 14.0 Å². The molecule has 0 aliphatic carbocycles. The van der Waals surface area contributed by atoms with E-state index in [0.29, 0.717) is 35.8 Å². The zero-order valence-corrected chi connectivity index (χ0v) is 19.0. The van der Waals surface area contributed by atoms with Gasteiger partial charge in [0.2, 0.25) is 5.91 Å². The molecular weight excluding hydrogens is 413 g/mol. The van der Waals surface area contributed by atoms with Crippen LogP contribution in [0.1, 0.15) is 44.5 Å². The van der Waals surface area contributed by atoms with Gasteiger partial charge < -0.3 is 25.8 Å². The highest BCUT2D eigenvalue weighted by molar-refractivity contribution is 5.95. The second-order valence-corrected chi connectivity index (χ2v) is 7.90. The Kier molecular flexibility index (Phi) is 9.46. The molecule has 0 bridgehead atoms. The van der Waals surface area contributed by atoms with Crippen molar-refractivity contribution in [2.45, 2.75) is 46.3 Å². The second-order valence-electron chi connectivity index (χ2n) is 7.90. The number of ether oxygens (including phenoxy) is 2. The molecule has 0 radical (unpaired) electrons. The predicted octanol–water partition coefficient (Wildman–Crippen LogP) is 3.73. The molecule has 4 N–H and O–H groups in total. The minimum atomic E-state index is -0.422. The summed E-state index contributed by atoms with van der Waals surface area (Å²) >= 11 is 0. The van der Waals surface area contributed by atoms with E-state index in [1.54, 1.807) is 25.1 Å². The molecule has 0 spiro atoms. The van der Waals surface area contributed by atoms with Gasteiger partial charge in [0.1, 0.15) is 17.3 Å². The number of rotatable bonds is 11. The van der Waals surface area contributed by atoms with Gasteiger partial charge in [0.25, 0.3) is 5.91 Å². The van der Waals surface area contributed by atoms with E-state index in [2.05, 4.69) is 10.6 Å². The SMILES string of the molecule is CCOc1cc(OC(C)C)cc(C(=O)NCC(N)CC(C)C(=O)Nc2ccc(F)cc2)c1. The molecule has 7 nitrogen and oxygen atoms in total. The molecule has 0 saturated carbocycles. The smallest absolute Gasteiger partial charge is 0.251 e. The van der Waals surface area contributed by atoms with Crippen LogP contribution in [0.15, 0.2) is 42.5 Å². The third-order valence-corrected chi connectivity index (χ3v) is 4.57. The Hall–Kier alpha value is -3.13. The Morgan fingerprint density at radius 1 is 1.06 bits per heavy atom. The molecule has 2 atom stereocenters. The summed E-state index contributed by atoms with van der Waals surface area (Å²) < 4.78 is 24.2. The van der Waals surface area contributed by atoms with Crippen LogP contribution in [0.2, 0.25) is 0 Å². The standard InChI is InChI=1S/C24H32FN3O4/c1-5-31-21-11-17(12-22(13-21)32-15(2)3)24(30)27-14-19(26)10-16(4)23(29)28-20-8-6-18(25)7-9-20/h6-9,11-13,15-16,19H,5,10,14,26H2,1-4H3,(H,27,30)(H,28,29). The van der Waals surface area contributed by atoms with Crippen molar-refractivity contribution in [3.63, 3.8) is 0 Å². The fourth-order valence-electron chi connectivity index (χ4n) is 3.06. The van der Waals surface area contributed by atoms with Crippen molar-refractivity contribution >= 4 is 17.5 Å². The van der Waals surface area contributed by atoms with Gasteiger partial charge in [-0.2, -0.15) is 0 Å². The van der Waals surface area contributed by atoms with Gasteiger partial charge in [-0.1, -0.05) is 6.92 Å². The molecule has 8 heteroatoms. The number of hydrogen-bond donors (Lipinski definition) is 3. The number of nitrogens with two attached hydrogens (primary N) is 1. The molecular formula is C24H32FN3O4. The van der Waals surface area contributed by atoms with Crippen LogP contribution < -0.4 is 25.8 Å². The van der Waals surface area contributed by atoms with Crippen molar-refractivity contribution in [2.75, 3.05) is 18.5 Å². The molecule has 0 aliphatic rings. The molecule has 0 aromatic heterocycles. The highest BCUT2D eigenvalue weighted by atomic mass is 19.1. The van der Waals surface area contributed by atoms with Crippen molar-refractivity contribution in [3.05, 3.63) is 53.8 Å². The van der Waals surface area contributed by atoms with Gasteiger partial charge >= 0.3 is 0 Å². The molecule has 0 saturated heterocycles. The monoisotopic (exact) mass is 445 g/mol. The van der Waals surface area contributed by atoms with Crippen LogP contribution >= 0.6 is 0 Å². The Labute approximate surface area is 188 Å². The number of amides is 2. The summed E-state index contributed by atoms with van der Waals surface area (Å²) in [5.41, 5.74) is 7.05. The quantitative estimate of drug-likeness (QED) is 0.489. The topological polar surface area (TPSA) is 103 Å². The average Bonchev–Trinajstić information content (AvgIpc) is 2.73. The third-order valence-electron chi connectivity index (χ3n) is 4.57. The summed E-state index contributed by atoms with van der Waals surface area (Å²) in [6, 6.07) is 10.2. The van der Waals surface area contributed by atoms with Crippen LogP contribution in [0.5, 0.6) is 11.5 Å². The fourth-order valence-corrected chi connectivity index (χ4v) is 3.06. The van der Waals surface area contributed by atoms with E-state index in [1.165, 1.54) is 24.3 Å². The number of carbonyl (C=O) groups excluding carboxylic acids is 2. The first-order valence-electron chi connectivity index (χ1n) is 10.7. The normalized spacial score (nSPS) is 12.7. The number of nitrogens with one attached hydrogen (secondary N) is 2. The first-order valence-corrected chi connectivity index (χ1v) is 10.7. The molecule has 2 aromatic carbocycles. The molecule has 174 valence electrons. The van der Waals surface area contributed by atoms with Gasteiger partial charge in [0, 0.05) is 35.8 Å². The first kappa shape index (κ1) is 25.1. The van der Waals surface area contributed by atoms with Crippen molar-refractivity contribution in [1.82, 2.24) is 5.32 Å². The molecule has 2 amide bonds. The van der Waals surface area contributed by atoms with Crippen LogP contribution in [0.3, 0.4) is 0 Å². The Morgan fingerprint density at radius 2 is 1.72 bits per heavy atom. The molecule has 32 heavy (non-hydrogen) atoms. The summed E-state index contributed by atoms with van der Waals surface area (Å²) in [6.07, 6.45) is 0.326.